The van der Waals surface area contributed by atoms with Crippen molar-refractivity contribution in [2.24, 2.45) is 29.6 Å². The van der Waals surface area contributed by atoms with Crippen molar-refractivity contribution in [2.45, 2.75) is 42.4 Å². The molecule has 10 nitrogen and oxygen atoms in total. The van der Waals surface area contributed by atoms with Gasteiger partial charge in [-0.3, -0.25) is 28.9 Å². The van der Waals surface area contributed by atoms with Crippen LogP contribution in [0.3, 0.4) is 0 Å². The Bertz CT molecular complexity index is 1730. The Morgan fingerprint density at radius 1 is 1.05 bits per heavy atom. The number of carbonyl (C=O) groups is 4. The van der Waals surface area contributed by atoms with E-state index in [2.05, 4.69) is 10.3 Å². The number of hydrogen-bond acceptors (Lipinski definition) is 8. The van der Waals surface area contributed by atoms with E-state index in [1.165, 1.54) is 4.90 Å². The minimum absolute atomic E-state index is 0.0112. The molecule has 7 rings (SSSR count). The van der Waals surface area contributed by atoms with Crippen LogP contribution in [0.4, 0.5) is 5.69 Å². The van der Waals surface area contributed by atoms with Crippen LogP contribution in [0.5, 0.6) is 5.75 Å². The second kappa shape index (κ2) is 11.2. The Labute approximate surface area is 261 Å². The smallest absolute Gasteiger partial charge is 0.305 e. The van der Waals surface area contributed by atoms with Gasteiger partial charge in [0.25, 0.3) is 5.91 Å². The highest BCUT2D eigenvalue weighted by atomic mass is 32.2. The third-order valence-electron chi connectivity index (χ3n) is 9.62. The molecule has 6 unspecified atom stereocenters. The first kappa shape index (κ1) is 28.8. The van der Waals surface area contributed by atoms with Crippen LogP contribution in [-0.2, 0) is 19.2 Å². The number of nitrogens with one attached hydrogen (secondary N) is 2. The van der Waals surface area contributed by atoms with Crippen molar-refractivity contribution >= 4 is 52.5 Å². The van der Waals surface area contributed by atoms with Gasteiger partial charge in [-0.05, 0) is 55.2 Å². The van der Waals surface area contributed by atoms with Crippen LogP contribution in [-0.4, -0.2) is 57.1 Å². The van der Waals surface area contributed by atoms with Crippen molar-refractivity contribution in [3.63, 3.8) is 0 Å². The highest BCUT2D eigenvalue weighted by molar-refractivity contribution is 8.00. The number of hydrogen-bond donors (Lipinski definition) is 3. The summed E-state index contributed by atoms with van der Waals surface area (Å²) < 4.78 is 6.14. The fourth-order valence-corrected chi connectivity index (χ4v) is 10.8. The van der Waals surface area contributed by atoms with Crippen LogP contribution in [0.15, 0.2) is 58.4 Å². The molecule has 44 heavy (non-hydrogen) atoms. The molecule has 2 saturated carbocycles. The number of ether oxygens (including phenoxy) is 1. The number of para-hydroxylation sites is 2. The lowest BCUT2D eigenvalue weighted by atomic mass is 9.68. The number of thiazole rings is 1. The first-order valence-electron chi connectivity index (χ1n) is 14.8. The molecule has 3 amide bonds. The maximum Gasteiger partial charge on any atom is 0.305 e. The minimum atomic E-state index is -0.955. The summed E-state index contributed by atoms with van der Waals surface area (Å²) in [6.45, 7) is 1.83. The second-order valence-electron chi connectivity index (χ2n) is 12.0. The van der Waals surface area contributed by atoms with Crippen LogP contribution in [0.25, 0.3) is 0 Å². The molecule has 3 fully saturated rings. The molecular formula is C32H31N3O7S2. The van der Waals surface area contributed by atoms with Crippen molar-refractivity contribution in [1.29, 1.82) is 0 Å². The van der Waals surface area contributed by atoms with Gasteiger partial charge in [-0.25, -0.2) is 0 Å². The number of aromatic nitrogens is 1. The number of aryl methyl sites for hydroxylation is 1. The van der Waals surface area contributed by atoms with E-state index in [0.29, 0.717) is 11.4 Å². The zero-order chi connectivity index (χ0) is 30.7. The SMILES string of the molecule is Cc1ccccc1NC(=O)COc1ccccc1[C@H]1c2sc(=O)[nH]c2SC2C3CC(C4C(=O)N(CCCC(=O)O)C(=O)C34)C21. The Hall–Kier alpha value is -3.90. The number of rotatable bonds is 9. The topological polar surface area (TPSA) is 146 Å². The molecule has 3 N–H and O–H groups in total. The lowest BCUT2D eigenvalue weighted by molar-refractivity contribution is -0.142. The van der Waals surface area contributed by atoms with E-state index in [9.17, 15) is 24.0 Å². The summed E-state index contributed by atoms with van der Waals surface area (Å²) in [7, 11) is 0. The number of benzene rings is 2. The average Bonchev–Trinajstić information content (AvgIpc) is 3.73. The number of likely N-dealkylation sites (tertiary alicyclic amines) is 1. The molecule has 0 radical (unpaired) electrons. The quantitative estimate of drug-likeness (QED) is 0.299. The number of carboxylic acids is 1. The minimum Gasteiger partial charge on any atom is -0.483 e. The third-order valence-corrected chi connectivity index (χ3v) is 12.2. The number of nitrogens with zero attached hydrogens (tertiary/aromatic N) is 1. The van der Waals surface area contributed by atoms with Gasteiger partial charge in [0, 0.05) is 40.3 Å². The highest BCUT2D eigenvalue weighted by Gasteiger charge is 2.69. The van der Waals surface area contributed by atoms with Crippen LogP contribution >= 0.6 is 23.1 Å². The lowest BCUT2D eigenvalue weighted by Crippen LogP contribution is -2.42. The van der Waals surface area contributed by atoms with Crippen molar-refractivity contribution in [3.05, 3.63) is 74.2 Å². The fraction of sp³-hybridized carbons (Fsp3) is 0.406. The summed E-state index contributed by atoms with van der Waals surface area (Å²) in [6.07, 6.45) is 0.873. The van der Waals surface area contributed by atoms with E-state index < -0.39 is 17.8 Å². The number of thioether (sulfide) groups is 1. The molecule has 3 heterocycles. The summed E-state index contributed by atoms with van der Waals surface area (Å²) in [5.74, 6) is -2.36. The van der Waals surface area contributed by atoms with Crippen LogP contribution < -0.4 is 14.9 Å². The number of anilines is 1. The zero-order valence-electron chi connectivity index (χ0n) is 23.9. The van der Waals surface area contributed by atoms with E-state index in [4.69, 9.17) is 9.84 Å². The van der Waals surface area contributed by atoms with E-state index in [1.54, 1.807) is 11.8 Å². The Morgan fingerprint density at radius 2 is 1.77 bits per heavy atom. The first-order chi connectivity index (χ1) is 21.2. The van der Waals surface area contributed by atoms with Gasteiger partial charge in [0.2, 0.25) is 11.8 Å². The Morgan fingerprint density at radius 3 is 2.55 bits per heavy atom. The van der Waals surface area contributed by atoms with Crippen molar-refractivity contribution < 1.29 is 29.0 Å². The van der Waals surface area contributed by atoms with Crippen molar-refractivity contribution in [3.8, 4) is 5.75 Å². The van der Waals surface area contributed by atoms with E-state index in [-0.39, 0.29) is 77.5 Å². The normalized spacial score (nSPS) is 28.0. The molecule has 1 aromatic heterocycles. The molecule has 4 aliphatic rings. The fourth-order valence-electron chi connectivity index (χ4n) is 7.95. The molecule has 0 spiro atoms. The van der Waals surface area contributed by atoms with Gasteiger partial charge in [-0.2, -0.15) is 0 Å². The average molecular weight is 634 g/mol. The number of imide groups is 1. The van der Waals surface area contributed by atoms with Gasteiger partial charge < -0.3 is 20.1 Å². The highest BCUT2D eigenvalue weighted by Crippen LogP contribution is 2.69. The molecule has 2 aliphatic heterocycles. The molecule has 1 saturated heterocycles. The molecule has 7 atom stereocenters. The number of carbonyl (C=O) groups excluding carboxylic acids is 3. The second-order valence-corrected chi connectivity index (χ2v) is 14.2. The van der Waals surface area contributed by atoms with Gasteiger partial charge in [0.1, 0.15) is 5.75 Å². The van der Waals surface area contributed by atoms with E-state index in [1.807, 2.05) is 55.5 Å². The molecule has 2 aliphatic carbocycles. The summed E-state index contributed by atoms with van der Waals surface area (Å²) >= 11 is 2.76. The zero-order valence-corrected chi connectivity index (χ0v) is 25.5. The Kier molecular flexibility index (Phi) is 7.36. The Balaban J connectivity index is 1.18. The van der Waals surface area contributed by atoms with Gasteiger partial charge in [-0.1, -0.05) is 47.7 Å². The number of H-pyrrole nitrogens is 1. The molecule has 228 valence electrons. The number of amides is 3. The summed E-state index contributed by atoms with van der Waals surface area (Å²) in [6, 6.07) is 15.1. The maximum absolute atomic E-state index is 13.7. The van der Waals surface area contributed by atoms with E-state index >= 15 is 0 Å². The third kappa shape index (κ3) is 4.75. The van der Waals surface area contributed by atoms with Crippen LogP contribution in [0, 0.1) is 36.5 Å². The largest absolute Gasteiger partial charge is 0.483 e. The van der Waals surface area contributed by atoms with Crippen molar-refractivity contribution in [1.82, 2.24) is 9.88 Å². The molecule has 2 bridgehead atoms. The summed E-state index contributed by atoms with van der Waals surface area (Å²) in [5.41, 5.74) is 2.51. The standard InChI is InChI=1S/C32H31N3O7S2/c1-15-7-2-4-9-19(15)33-21(36)14-42-20-10-5-3-8-16(20)23-24-17-13-18(27(24)43-29-28(23)44-32(41)34-29)26-25(17)30(39)35(31(26)40)12-6-11-22(37)38/h2-5,7-10,17-18,23-27H,6,11-14H2,1H3,(H,33,36)(H,34,41)(H,37,38)/t17?,18?,23-,24?,25?,26?,27?/m1/s1. The summed E-state index contributed by atoms with van der Waals surface area (Å²) in [4.78, 5) is 68.8. The first-order valence-corrected chi connectivity index (χ1v) is 16.5. The number of carboxylic acid groups (broad SMARTS) is 1. The number of fused-ring (bicyclic) bond motifs is 9. The predicted molar refractivity (Wildman–Crippen MR) is 164 cm³/mol. The van der Waals surface area contributed by atoms with E-state index in [0.717, 1.165) is 38.8 Å². The number of aromatic amines is 1. The number of aliphatic carboxylic acids is 1. The van der Waals surface area contributed by atoms with Gasteiger partial charge in [0.05, 0.1) is 16.9 Å². The summed E-state index contributed by atoms with van der Waals surface area (Å²) in [5, 5.41) is 12.8. The lowest BCUT2D eigenvalue weighted by Gasteiger charge is -2.43. The monoisotopic (exact) mass is 633 g/mol. The van der Waals surface area contributed by atoms with Gasteiger partial charge in [0.15, 0.2) is 6.61 Å². The van der Waals surface area contributed by atoms with Gasteiger partial charge in [-0.15, -0.1) is 11.8 Å². The van der Waals surface area contributed by atoms with Gasteiger partial charge >= 0.3 is 10.8 Å². The molecule has 2 aromatic carbocycles. The molecule has 3 aromatic rings. The molecule has 12 heteroatoms. The maximum atomic E-state index is 13.7. The predicted octanol–water partition coefficient (Wildman–Crippen LogP) is 4.10. The van der Waals surface area contributed by atoms with Crippen LogP contribution in [0.2, 0.25) is 0 Å². The van der Waals surface area contributed by atoms with Crippen LogP contribution in [0.1, 0.15) is 41.2 Å². The van der Waals surface area contributed by atoms with Crippen molar-refractivity contribution in [2.75, 3.05) is 18.5 Å². The molecular weight excluding hydrogens is 603 g/mol.